The maximum Gasteiger partial charge on any atom is 0.137 e. The summed E-state index contributed by atoms with van der Waals surface area (Å²) in [6.45, 7) is 5.34. The number of aliphatic hydroxyl groups is 2. The molecule has 0 aliphatic rings. The first-order chi connectivity index (χ1) is 10.8. The third-order valence-electron chi connectivity index (χ3n) is 3.98. The molecule has 0 radical (unpaired) electrons. The molecule has 0 amide bonds. The Morgan fingerprint density at radius 3 is 2.57 bits per heavy atom. The number of aromatic nitrogens is 2. The van der Waals surface area contributed by atoms with Crippen LogP contribution >= 0.6 is 22.6 Å². The normalized spacial score (nSPS) is 13.5. The third-order valence-corrected chi connectivity index (χ3v) is 4.61. The Labute approximate surface area is 149 Å². The Morgan fingerprint density at radius 2 is 1.87 bits per heavy atom. The molecule has 1 aromatic carbocycles. The van der Waals surface area contributed by atoms with E-state index in [-0.39, 0.29) is 0 Å². The van der Waals surface area contributed by atoms with E-state index < -0.39 is 11.7 Å². The molecule has 23 heavy (non-hydrogen) atoms. The predicted molar refractivity (Wildman–Crippen MR) is 98.4 cm³/mol. The van der Waals surface area contributed by atoms with Gasteiger partial charge in [-0.25, -0.2) is 4.98 Å². The minimum absolute atomic E-state index is 0.698. The monoisotopic (exact) mass is 422 g/mol. The van der Waals surface area contributed by atoms with Crippen molar-refractivity contribution in [2.24, 2.45) is 0 Å². The van der Waals surface area contributed by atoms with Gasteiger partial charge in [0, 0.05) is 9.77 Å². The van der Waals surface area contributed by atoms with Crippen LogP contribution in [-0.2, 0) is 5.60 Å². The molecule has 0 fully saturated rings. The number of aliphatic hydroxyl groups excluding tert-OH is 1. The smallest absolute Gasteiger partial charge is 0.137 e. The number of hydrogen-bond acceptors (Lipinski definition) is 3. The van der Waals surface area contributed by atoms with Crippen molar-refractivity contribution < 1.29 is 10.2 Å². The quantitative estimate of drug-likeness (QED) is 0.635. The van der Waals surface area contributed by atoms with Gasteiger partial charge in [-0.3, -0.25) is 4.40 Å². The second-order valence-electron chi connectivity index (χ2n) is 6.21. The number of nitrogens with zero attached hydrogens (tertiary/aromatic N) is 2. The highest BCUT2D eigenvalue weighted by molar-refractivity contribution is 14.1. The summed E-state index contributed by atoms with van der Waals surface area (Å²) >= 11 is 2.24. The molecule has 0 spiro atoms. The van der Waals surface area contributed by atoms with Crippen molar-refractivity contribution in [2.45, 2.75) is 32.5 Å². The third kappa shape index (κ3) is 3.00. The molecule has 3 rings (SSSR count). The average Bonchev–Trinajstić information content (AvgIpc) is 2.81. The Kier molecular flexibility index (Phi) is 4.20. The highest BCUT2D eigenvalue weighted by Gasteiger charge is 2.26. The molecule has 0 aliphatic carbocycles. The Balaban J connectivity index is 2.21. The molecule has 2 heterocycles. The average molecular weight is 422 g/mol. The number of aryl methyl sites for hydroxylation is 1. The van der Waals surface area contributed by atoms with Gasteiger partial charge in [0.15, 0.2) is 0 Å². The molecule has 1 atom stereocenters. The molecule has 2 N–H and O–H groups in total. The highest BCUT2D eigenvalue weighted by atomic mass is 127. The summed E-state index contributed by atoms with van der Waals surface area (Å²) in [7, 11) is 0. The summed E-state index contributed by atoms with van der Waals surface area (Å²) in [5, 5.41) is 21.4. The first-order valence-corrected chi connectivity index (χ1v) is 8.51. The minimum Gasteiger partial charge on any atom is -0.386 e. The zero-order chi connectivity index (χ0) is 16.8. The fourth-order valence-corrected chi connectivity index (χ4v) is 3.38. The molecule has 0 aliphatic heterocycles. The van der Waals surface area contributed by atoms with Crippen LogP contribution in [0.1, 0.15) is 42.5 Å². The van der Waals surface area contributed by atoms with Crippen LogP contribution in [0, 0.1) is 10.5 Å². The van der Waals surface area contributed by atoms with Gasteiger partial charge in [-0.05, 0) is 66.6 Å². The van der Waals surface area contributed by atoms with Gasteiger partial charge in [0.05, 0.1) is 17.0 Å². The van der Waals surface area contributed by atoms with E-state index in [2.05, 4.69) is 27.6 Å². The lowest BCUT2D eigenvalue weighted by atomic mass is 9.89. The number of imidazole rings is 1. The summed E-state index contributed by atoms with van der Waals surface area (Å²) in [6.07, 6.45) is 1.10. The van der Waals surface area contributed by atoms with Crippen LogP contribution in [-0.4, -0.2) is 19.6 Å². The molecule has 3 aromatic rings. The summed E-state index contributed by atoms with van der Waals surface area (Å²) in [5.41, 5.74) is 2.70. The second kappa shape index (κ2) is 5.89. The minimum atomic E-state index is -1.03. The molecular weight excluding hydrogens is 403 g/mol. The number of benzene rings is 1. The molecule has 0 bridgehead atoms. The fraction of sp³-hybridized carbons (Fsp3) is 0.278. The number of rotatable bonds is 3. The molecule has 0 saturated carbocycles. The summed E-state index contributed by atoms with van der Waals surface area (Å²) < 4.78 is 2.99. The van der Waals surface area contributed by atoms with Gasteiger partial charge >= 0.3 is 0 Å². The Morgan fingerprint density at radius 1 is 1.17 bits per heavy atom. The van der Waals surface area contributed by atoms with Crippen LogP contribution in [0.3, 0.4) is 0 Å². The van der Waals surface area contributed by atoms with Crippen molar-refractivity contribution in [2.75, 3.05) is 0 Å². The number of pyridine rings is 1. The number of halogens is 1. The van der Waals surface area contributed by atoms with E-state index in [1.807, 2.05) is 53.9 Å². The van der Waals surface area contributed by atoms with Crippen LogP contribution in [0.5, 0.6) is 0 Å². The molecular formula is C18H19IN2O2. The van der Waals surface area contributed by atoms with Gasteiger partial charge in [-0.2, -0.15) is 0 Å². The van der Waals surface area contributed by atoms with Gasteiger partial charge in [0.25, 0.3) is 0 Å². The van der Waals surface area contributed by atoms with E-state index in [0.29, 0.717) is 11.1 Å². The van der Waals surface area contributed by atoms with E-state index in [1.165, 1.54) is 0 Å². The maximum atomic E-state index is 11.0. The van der Waals surface area contributed by atoms with Gasteiger partial charge in [0.1, 0.15) is 11.8 Å². The van der Waals surface area contributed by atoms with Gasteiger partial charge < -0.3 is 10.2 Å². The second-order valence-corrected chi connectivity index (χ2v) is 7.45. The molecule has 120 valence electrons. The van der Waals surface area contributed by atoms with Crippen LogP contribution in [0.25, 0.3) is 5.65 Å². The first-order valence-electron chi connectivity index (χ1n) is 7.43. The Hall–Kier alpha value is -1.44. The van der Waals surface area contributed by atoms with Crippen molar-refractivity contribution >= 4 is 28.2 Å². The van der Waals surface area contributed by atoms with Gasteiger partial charge in [0.2, 0.25) is 0 Å². The first kappa shape index (κ1) is 16.4. The van der Waals surface area contributed by atoms with Crippen molar-refractivity contribution in [3.63, 3.8) is 0 Å². The number of hydrogen-bond donors (Lipinski definition) is 2. The lowest BCUT2D eigenvalue weighted by molar-refractivity contribution is 0.0744. The highest BCUT2D eigenvalue weighted by Crippen LogP contribution is 2.33. The van der Waals surface area contributed by atoms with Crippen LogP contribution in [0.15, 0.2) is 42.6 Å². The van der Waals surface area contributed by atoms with E-state index >= 15 is 0 Å². The van der Waals surface area contributed by atoms with Crippen molar-refractivity contribution in [3.05, 3.63) is 68.7 Å². The van der Waals surface area contributed by atoms with E-state index in [9.17, 15) is 10.2 Å². The zero-order valence-corrected chi connectivity index (χ0v) is 15.4. The molecule has 1 unspecified atom stereocenters. The van der Waals surface area contributed by atoms with Crippen molar-refractivity contribution in [3.8, 4) is 0 Å². The standard InChI is InChI=1S/C18H19IN2O2/c1-11-16(21-10-12(19)8-9-15(21)20-11)17(22)13-6-4-5-7-14(13)18(2,3)23/h4-10,17,22-23H,1-3H3. The van der Waals surface area contributed by atoms with E-state index in [0.717, 1.165) is 20.6 Å². The molecule has 2 aromatic heterocycles. The summed E-state index contributed by atoms with van der Waals surface area (Å²) in [6, 6.07) is 11.4. The SMILES string of the molecule is Cc1nc2ccc(I)cn2c1C(O)c1ccccc1C(C)(C)O. The van der Waals surface area contributed by atoms with E-state index in [4.69, 9.17) is 0 Å². The topological polar surface area (TPSA) is 57.8 Å². The number of fused-ring (bicyclic) bond motifs is 1. The summed E-state index contributed by atoms with van der Waals surface area (Å²) in [4.78, 5) is 4.53. The predicted octanol–water partition coefficient (Wildman–Crippen LogP) is 3.56. The largest absolute Gasteiger partial charge is 0.386 e. The fourth-order valence-electron chi connectivity index (χ4n) is 2.92. The van der Waals surface area contributed by atoms with Gasteiger partial charge in [-0.1, -0.05) is 24.3 Å². The molecule has 5 heteroatoms. The van der Waals surface area contributed by atoms with Gasteiger partial charge in [-0.15, -0.1) is 0 Å². The Bertz CT molecular complexity index is 865. The van der Waals surface area contributed by atoms with Crippen molar-refractivity contribution in [1.29, 1.82) is 0 Å². The lowest BCUT2D eigenvalue weighted by Gasteiger charge is -2.24. The maximum absolute atomic E-state index is 11.0. The molecule has 4 nitrogen and oxygen atoms in total. The van der Waals surface area contributed by atoms with Crippen LogP contribution in [0.4, 0.5) is 0 Å². The summed E-state index contributed by atoms with van der Waals surface area (Å²) in [5.74, 6) is 0. The lowest BCUT2D eigenvalue weighted by Crippen LogP contribution is -2.20. The van der Waals surface area contributed by atoms with Crippen LogP contribution < -0.4 is 0 Å². The zero-order valence-electron chi connectivity index (χ0n) is 13.3. The molecule has 0 saturated heterocycles. The van der Waals surface area contributed by atoms with E-state index in [1.54, 1.807) is 13.8 Å². The van der Waals surface area contributed by atoms with Crippen LogP contribution in [0.2, 0.25) is 0 Å². The van der Waals surface area contributed by atoms with Crippen molar-refractivity contribution in [1.82, 2.24) is 9.38 Å².